The number of hydrogen-bond acceptors (Lipinski definition) is 4. The van der Waals surface area contributed by atoms with Gasteiger partial charge in [0.05, 0.1) is 11.2 Å². The zero-order valence-corrected chi connectivity index (χ0v) is 13.4. The lowest BCUT2D eigenvalue weighted by Crippen LogP contribution is -2.15. The minimum atomic E-state index is -3.96. The number of sulfonamides is 1. The summed E-state index contributed by atoms with van der Waals surface area (Å²) >= 11 is 0. The third-order valence-electron chi connectivity index (χ3n) is 3.37. The second-order valence-electron chi connectivity index (χ2n) is 5.25. The highest BCUT2D eigenvalue weighted by molar-refractivity contribution is 7.92. The molecule has 0 radical (unpaired) electrons. The van der Waals surface area contributed by atoms with E-state index in [0.717, 1.165) is 23.7 Å². The molecule has 0 aliphatic rings. The highest BCUT2D eigenvalue weighted by Gasteiger charge is 2.27. The molecule has 1 N–H and O–H groups in total. The van der Waals surface area contributed by atoms with Crippen molar-refractivity contribution in [3.63, 3.8) is 0 Å². The van der Waals surface area contributed by atoms with Crippen LogP contribution in [0.3, 0.4) is 0 Å². The third-order valence-corrected chi connectivity index (χ3v) is 4.72. The number of hydrogen-bond donors (Lipinski definition) is 1. The van der Waals surface area contributed by atoms with Crippen molar-refractivity contribution in [3.8, 4) is 0 Å². The Kier molecular flexibility index (Phi) is 3.92. The van der Waals surface area contributed by atoms with Gasteiger partial charge in [0.1, 0.15) is 10.6 Å². The van der Waals surface area contributed by atoms with E-state index in [-0.39, 0.29) is 4.90 Å². The number of rotatable bonds is 4. The van der Waals surface area contributed by atoms with E-state index in [1.807, 2.05) is 0 Å². The van der Waals surface area contributed by atoms with E-state index in [1.165, 1.54) is 0 Å². The maximum absolute atomic E-state index is 13.2. The van der Waals surface area contributed by atoms with Crippen molar-refractivity contribution in [2.45, 2.75) is 17.7 Å². The van der Waals surface area contributed by atoms with Crippen molar-refractivity contribution in [3.05, 3.63) is 60.6 Å². The third kappa shape index (κ3) is 3.18. The molecule has 0 fully saturated rings. The molecule has 3 rings (SSSR count). The number of aromatic nitrogens is 2. The van der Waals surface area contributed by atoms with Gasteiger partial charge in [0.2, 0.25) is 0 Å². The van der Waals surface area contributed by atoms with Crippen LogP contribution < -0.4 is 4.72 Å². The van der Waals surface area contributed by atoms with Crippen LogP contribution in [0.4, 0.5) is 14.5 Å². The molecule has 24 heavy (non-hydrogen) atoms. The standard InChI is InChI=1S/C16H13F2N3O2S/c1-16(17,18)14-8-7-12(10-20-14)24(22,23)21-13-6-2-4-11-5-3-9-19-15(11)13/h2-10,21H,1H3. The Balaban J connectivity index is 1.96. The molecule has 8 heteroatoms. The smallest absolute Gasteiger partial charge is 0.277 e. The monoisotopic (exact) mass is 349 g/mol. The van der Waals surface area contributed by atoms with Gasteiger partial charge in [0.15, 0.2) is 0 Å². The quantitative estimate of drug-likeness (QED) is 0.782. The number of halogens is 2. The maximum Gasteiger partial charge on any atom is 0.286 e. The fraction of sp³-hybridized carbons (Fsp3) is 0.125. The predicted molar refractivity (Wildman–Crippen MR) is 86.4 cm³/mol. The summed E-state index contributed by atoms with van der Waals surface area (Å²) < 4.78 is 53.6. The van der Waals surface area contributed by atoms with Gasteiger partial charge in [0.25, 0.3) is 15.9 Å². The van der Waals surface area contributed by atoms with Crippen molar-refractivity contribution in [2.75, 3.05) is 4.72 Å². The minimum Gasteiger partial charge on any atom is -0.277 e. The Hall–Kier alpha value is -2.61. The summed E-state index contributed by atoms with van der Waals surface area (Å²) in [5.74, 6) is -3.13. The minimum absolute atomic E-state index is 0.205. The number of pyridine rings is 2. The van der Waals surface area contributed by atoms with Gasteiger partial charge in [-0.05, 0) is 24.3 Å². The second kappa shape index (κ2) is 5.79. The average molecular weight is 349 g/mol. The van der Waals surface area contributed by atoms with Crippen LogP contribution in [-0.2, 0) is 15.9 Å². The molecular weight excluding hydrogens is 336 g/mol. The molecule has 1 aromatic carbocycles. The van der Waals surface area contributed by atoms with Gasteiger partial charge in [-0.15, -0.1) is 0 Å². The van der Waals surface area contributed by atoms with Gasteiger partial charge in [-0.25, -0.2) is 8.42 Å². The summed E-state index contributed by atoms with van der Waals surface area (Å²) in [6.45, 7) is 0.698. The molecule has 0 saturated carbocycles. The van der Waals surface area contributed by atoms with Crippen LogP contribution in [0.25, 0.3) is 10.9 Å². The molecular formula is C16H13F2N3O2S. The Labute approximate surface area is 137 Å². The van der Waals surface area contributed by atoms with Gasteiger partial charge in [-0.1, -0.05) is 18.2 Å². The van der Waals surface area contributed by atoms with Crippen LogP contribution in [0, 0.1) is 0 Å². The summed E-state index contributed by atoms with van der Waals surface area (Å²) in [7, 11) is -3.96. The molecule has 0 aliphatic heterocycles. The lowest BCUT2D eigenvalue weighted by Gasteiger charge is -2.12. The summed E-state index contributed by atoms with van der Waals surface area (Å²) in [4.78, 5) is 7.49. The van der Waals surface area contributed by atoms with E-state index in [1.54, 1.807) is 36.5 Å². The summed E-state index contributed by atoms with van der Waals surface area (Å²) in [5.41, 5.74) is 0.305. The molecule has 124 valence electrons. The number of nitrogens with one attached hydrogen (secondary N) is 1. The van der Waals surface area contributed by atoms with E-state index in [9.17, 15) is 17.2 Å². The highest BCUT2D eigenvalue weighted by atomic mass is 32.2. The van der Waals surface area contributed by atoms with Crippen LogP contribution in [0.5, 0.6) is 0 Å². The van der Waals surface area contributed by atoms with Crippen LogP contribution in [0.2, 0.25) is 0 Å². The molecule has 0 saturated heterocycles. The van der Waals surface area contributed by atoms with Crippen molar-refractivity contribution in [1.82, 2.24) is 9.97 Å². The number of para-hydroxylation sites is 1. The zero-order chi connectivity index (χ0) is 17.4. The van der Waals surface area contributed by atoms with E-state index < -0.39 is 21.6 Å². The van der Waals surface area contributed by atoms with Crippen LogP contribution in [0.15, 0.2) is 59.8 Å². The highest BCUT2D eigenvalue weighted by Crippen LogP contribution is 2.27. The number of fused-ring (bicyclic) bond motifs is 1. The van der Waals surface area contributed by atoms with Gasteiger partial charge in [0, 0.05) is 24.7 Å². The van der Waals surface area contributed by atoms with E-state index in [4.69, 9.17) is 0 Å². The molecule has 5 nitrogen and oxygen atoms in total. The molecule has 0 unspecified atom stereocenters. The van der Waals surface area contributed by atoms with Gasteiger partial charge < -0.3 is 0 Å². The number of nitrogens with zero attached hydrogens (tertiary/aromatic N) is 2. The van der Waals surface area contributed by atoms with Crippen LogP contribution in [-0.4, -0.2) is 18.4 Å². The number of alkyl halides is 2. The number of benzene rings is 1. The van der Waals surface area contributed by atoms with Crippen LogP contribution >= 0.6 is 0 Å². The topological polar surface area (TPSA) is 72.0 Å². The summed E-state index contributed by atoms with van der Waals surface area (Å²) in [6, 6.07) is 10.7. The molecule has 2 heterocycles. The van der Waals surface area contributed by atoms with Crippen LogP contribution in [0.1, 0.15) is 12.6 Å². The van der Waals surface area contributed by atoms with Crippen molar-refractivity contribution < 1.29 is 17.2 Å². The Morgan fingerprint density at radius 1 is 1.04 bits per heavy atom. The predicted octanol–water partition coefficient (Wildman–Crippen LogP) is 3.54. The van der Waals surface area contributed by atoms with E-state index >= 15 is 0 Å². The van der Waals surface area contributed by atoms with Gasteiger partial charge >= 0.3 is 0 Å². The Morgan fingerprint density at radius 2 is 1.79 bits per heavy atom. The summed E-state index contributed by atoms with van der Waals surface area (Å²) in [5, 5.41) is 0.775. The first kappa shape index (κ1) is 16.3. The molecule has 2 aromatic heterocycles. The Bertz CT molecular complexity index is 979. The molecule has 0 atom stereocenters. The lowest BCUT2D eigenvalue weighted by atomic mass is 10.2. The average Bonchev–Trinajstić information content (AvgIpc) is 2.54. The first-order valence-electron chi connectivity index (χ1n) is 6.98. The zero-order valence-electron chi connectivity index (χ0n) is 12.6. The summed E-state index contributed by atoms with van der Waals surface area (Å²) in [6.07, 6.45) is 2.47. The Morgan fingerprint density at radius 3 is 2.46 bits per heavy atom. The molecule has 0 amide bonds. The largest absolute Gasteiger partial charge is 0.286 e. The number of anilines is 1. The van der Waals surface area contributed by atoms with Crippen molar-refractivity contribution >= 4 is 26.6 Å². The fourth-order valence-electron chi connectivity index (χ4n) is 2.19. The van der Waals surface area contributed by atoms with Gasteiger partial charge in [-0.2, -0.15) is 8.78 Å². The molecule has 0 bridgehead atoms. The van der Waals surface area contributed by atoms with Crippen molar-refractivity contribution in [1.29, 1.82) is 0 Å². The molecule has 0 spiro atoms. The van der Waals surface area contributed by atoms with Crippen molar-refractivity contribution in [2.24, 2.45) is 0 Å². The maximum atomic E-state index is 13.2. The molecule has 3 aromatic rings. The first-order chi connectivity index (χ1) is 11.3. The lowest BCUT2D eigenvalue weighted by molar-refractivity contribution is 0.0126. The van der Waals surface area contributed by atoms with E-state index in [2.05, 4.69) is 14.7 Å². The van der Waals surface area contributed by atoms with Gasteiger partial charge in [-0.3, -0.25) is 14.7 Å². The molecule has 0 aliphatic carbocycles. The fourth-order valence-corrected chi connectivity index (χ4v) is 3.20. The van der Waals surface area contributed by atoms with E-state index in [0.29, 0.717) is 18.1 Å². The SMILES string of the molecule is CC(F)(F)c1ccc(S(=O)(=O)Nc2cccc3cccnc23)cn1. The second-order valence-corrected chi connectivity index (χ2v) is 6.94. The first-order valence-corrected chi connectivity index (χ1v) is 8.47. The normalized spacial score (nSPS) is 12.3.